The van der Waals surface area contributed by atoms with E-state index < -0.39 is 0 Å². The summed E-state index contributed by atoms with van der Waals surface area (Å²) in [6, 6.07) is 0. The molecular weight excluding hydrogens is 305 g/mol. The number of thiazole rings is 1. The first-order valence-corrected chi connectivity index (χ1v) is 7.13. The van der Waals surface area contributed by atoms with E-state index in [0.29, 0.717) is 5.69 Å². The quantitative estimate of drug-likeness (QED) is 0.924. The van der Waals surface area contributed by atoms with Crippen LogP contribution in [-0.4, -0.2) is 42.0 Å². The van der Waals surface area contributed by atoms with E-state index in [2.05, 4.69) is 17.2 Å². The minimum Gasteiger partial charge on any atom is -0.337 e. The molecule has 0 saturated carbocycles. The van der Waals surface area contributed by atoms with Gasteiger partial charge in [-0.3, -0.25) is 4.79 Å². The molecule has 2 heterocycles. The largest absolute Gasteiger partial charge is 0.337 e. The van der Waals surface area contributed by atoms with Crippen LogP contribution in [0, 0.1) is 5.92 Å². The van der Waals surface area contributed by atoms with Gasteiger partial charge in [0, 0.05) is 18.5 Å². The van der Waals surface area contributed by atoms with Gasteiger partial charge >= 0.3 is 0 Å². The molecule has 110 valence electrons. The third-order valence-corrected chi connectivity index (χ3v) is 3.82. The topological polar surface area (TPSA) is 45.2 Å². The first-order valence-electron chi connectivity index (χ1n) is 6.19. The van der Waals surface area contributed by atoms with E-state index in [1.807, 2.05) is 10.3 Å². The molecule has 0 bridgehead atoms. The minimum atomic E-state index is 0. The number of nitrogens with one attached hydrogen (secondary N) is 1. The Morgan fingerprint density at radius 2 is 2.16 bits per heavy atom. The highest BCUT2D eigenvalue weighted by Gasteiger charge is 2.24. The molecule has 1 aliphatic rings. The Balaban J connectivity index is 0.00000162. The number of hydrogen-bond acceptors (Lipinski definition) is 4. The average molecular weight is 326 g/mol. The molecule has 7 heteroatoms. The Morgan fingerprint density at radius 1 is 1.47 bits per heavy atom. The van der Waals surface area contributed by atoms with Crippen molar-refractivity contribution in [3.8, 4) is 0 Å². The van der Waals surface area contributed by atoms with Crippen LogP contribution in [0.3, 0.4) is 0 Å². The molecule has 1 amide bonds. The van der Waals surface area contributed by atoms with E-state index in [0.717, 1.165) is 44.9 Å². The molecule has 0 radical (unpaired) electrons. The smallest absolute Gasteiger partial charge is 0.273 e. The zero-order valence-corrected chi connectivity index (χ0v) is 13.5. The highest BCUT2D eigenvalue weighted by Crippen LogP contribution is 2.18. The fraction of sp³-hybridized carbons (Fsp3) is 0.667. The predicted molar refractivity (Wildman–Crippen MR) is 83.8 cm³/mol. The SMILES string of the molecule is CCNCC1CCN(C(=O)c2cscn2)CC1.Cl.Cl. The highest BCUT2D eigenvalue weighted by molar-refractivity contribution is 7.07. The second-order valence-corrected chi connectivity index (χ2v) is 5.14. The van der Waals surface area contributed by atoms with Gasteiger partial charge in [-0.05, 0) is 31.8 Å². The van der Waals surface area contributed by atoms with Gasteiger partial charge in [-0.2, -0.15) is 0 Å². The molecule has 0 aliphatic carbocycles. The first kappa shape index (κ1) is 18.6. The van der Waals surface area contributed by atoms with Crippen LogP contribution in [0.2, 0.25) is 0 Å². The second-order valence-electron chi connectivity index (χ2n) is 4.42. The van der Waals surface area contributed by atoms with Crippen LogP contribution in [0.4, 0.5) is 0 Å². The van der Waals surface area contributed by atoms with Gasteiger partial charge in [0.05, 0.1) is 5.51 Å². The molecule has 0 spiro atoms. The number of halogens is 2. The van der Waals surface area contributed by atoms with Crippen LogP contribution in [-0.2, 0) is 0 Å². The van der Waals surface area contributed by atoms with Crippen LogP contribution < -0.4 is 5.32 Å². The second kappa shape index (κ2) is 9.53. The van der Waals surface area contributed by atoms with Crippen molar-refractivity contribution in [3.63, 3.8) is 0 Å². The maximum Gasteiger partial charge on any atom is 0.273 e. The van der Waals surface area contributed by atoms with E-state index in [1.54, 1.807) is 5.51 Å². The van der Waals surface area contributed by atoms with Crippen molar-refractivity contribution in [1.82, 2.24) is 15.2 Å². The highest BCUT2D eigenvalue weighted by atomic mass is 35.5. The Kier molecular flexibility index (Phi) is 9.35. The van der Waals surface area contributed by atoms with Crippen molar-refractivity contribution in [3.05, 3.63) is 16.6 Å². The lowest BCUT2D eigenvalue weighted by Crippen LogP contribution is -2.40. The summed E-state index contributed by atoms with van der Waals surface area (Å²) in [6.45, 7) is 5.97. The van der Waals surface area contributed by atoms with Gasteiger partial charge in [0.1, 0.15) is 5.69 Å². The molecule has 1 N–H and O–H groups in total. The van der Waals surface area contributed by atoms with E-state index in [1.165, 1.54) is 11.3 Å². The molecule has 1 saturated heterocycles. The lowest BCUT2D eigenvalue weighted by molar-refractivity contribution is 0.0685. The zero-order chi connectivity index (χ0) is 12.1. The predicted octanol–water partition coefficient (Wildman–Crippen LogP) is 2.45. The Hall–Kier alpha value is -0.360. The Labute approximate surface area is 130 Å². The summed E-state index contributed by atoms with van der Waals surface area (Å²) in [5.41, 5.74) is 2.31. The van der Waals surface area contributed by atoms with E-state index >= 15 is 0 Å². The molecule has 1 fully saturated rings. The average Bonchev–Trinajstić information content (AvgIpc) is 2.90. The number of piperidine rings is 1. The number of nitrogens with zero attached hydrogens (tertiary/aromatic N) is 2. The van der Waals surface area contributed by atoms with Crippen LogP contribution >= 0.6 is 36.2 Å². The summed E-state index contributed by atoms with van der Waals surface area (Å²) >= 11 is 1.47. The van der Waals surface area contributed by atoms with Gasteiger partial charge in [0.25, 0.3) is 5.91 Å². The number of amides is 1. The van der Waals surface area contributed by atoms with Crippen molar-refractivity contribution in [2.75, 3.05) is 26.2 Å². The first-order chi connectivity index (χ1) is 8.31. The maximum absolute atomic E-state index is 12.0. The summed E-state index contributed by atoms with van der Waals surface area (Å²) < 4.78 is 0. The van der Waals surface area contributed by atoms with Crippen molar-refractivity contribution < 1.29 is 4.79 Å². The van der Waals surface area contributed by atoms with Crippen LogP contribution in [0.5, 0.6) is 0 Å². The number of carbonyl (C=O) groups excluding carboxylic acids is 1. The number of hydrogen-bond donors (Lipinski definition) is 1. The van der Waals surface area contributed by atoms with E-state index in [-0.39, 0.29) is 30.7 Å². The van der Waals surface area contributed by atoms with E-state index in [9.17, 15) is 4.79 Å². The molecule has 19 heavy (non-hydrogen) atoms. The van der Waals surface area contributed by atoms with Crippen molar-refractivity contribution >= 4 is 42.1 Å². The normalized spacial score (nSPS) is 15.5. The number of rotatable bonds is 4. The third kappa shape index (κ3) is 5.26. The van der Waals surface area contributed by atoms with Crippen molar-refractivity contribution in [2.45, 2.75) is 19.8 Å². The molecule has 0 aromatic carbocycles. The fourth-order valence-electron chi connectivity index (χ4n) is 2.17. The summed E-state index contributed by atoms with van der Waals surface area (Å²) in [5, 5.41) is 5.20. The summed E-state index contributed by atoms with van der Waals surface area (Å²) in [7, 11) is 0. The number of carbonyl (C=O) groups is 1. The van der Waals surface area contributed by atoms with Gasteiger partial charge in [0.2, 0.25) is 0 Å². The molecule has 2 rings (SSSR count). The van der Waals surface area contributed by atoms with Crippen molar-refractivity contribution in [1.29, 1.82) is 0 Å². The standard InChI is InChI=1S/C12H19N3OS.2ClH/c1-2-13-7-10-3-5-15(6-4-10)12(16)11-8-17-9-14-11;;/h8-10,13H,2-7H2,1H3;2*1H. The lowest BCUT2D eigenvalue weighted by atomic mass is 9.96. The zero-order valence-electron chi connectivity index (χ0n) is 11.0. The number of likely N-dealkylation sites (tertiary alicyclic amines) is 1. The molecule has 0 unspecified atom stereocenters. The van der Waals surface area contributed by atoms with Gasteiger partial charge in [-0.1, -0.05) is 6.92 Å². The molecule has 0 atom stereocenters. The van der Waals surface area contributed by atoms with Gasteiger partial charge in [0.15, 0.2) is 0 Å². The molecule has 1 aromatic rings. The summed E-state index contributed by atoms with van der Waals surface area (Å²) in [6.07, 6.45) is 2.20. The van der Waals surface area contributed by atoms with Gasteiger partial charge in [-0.15, -0.1) is 36.2 Å². The fourth-order valence-corrected chi connectivity index (χ4v) is 2.69. The van der Waals surface area contributed by atoms with Crippen LogP contribution in [0.15, 0.2) is 10.9 Å². The van der Waals surface area contributed by atoms with Gasteiger partial charge < -0.3 is 10.2 Å². The van der Waals surface area contributed by atoms with Gasteiger partial charge in [-0.25, -0.2) is 4.98 Å². The molecule has 4 nitrogen and oxygen atoms in total. The number of aromatic nitrogens is 1. The Morgan fingerprint density at radius 3 is 2.68 bits per heavy atom. The molecular formula is C12H21Cl2N3OS. The Bertz CT molecular complexity index is 354. The van der Waals surface area contributed by atoms with Crippen molar-refractivity contribution in [2.24, 2.45) is 5.92 Å². The minimum absolute atomic E-state index is 0. The lowest BCUT2D eigenvalue weighted by Gasteiger charge is -2.31. The van der Waals surface area contributed by atoms with E-state index in [4.69, 9.17) is 0 Å². The van der Waals surface area contributed by atoms with Crippen LogP contribution in [0.25, 0.3) is 0 Å². The maximum atomic E-state index is 12.0. The summed E-state index contributed by atoms with van der Waals surface area (Å²) in [5.74, 6) is 0.808. The monoisotopic (exact) mass is 325 g/mol. The summed E-state index contributed by atoms with van der Waals surface area (Å²) in [4.78, 5) is 18.0. The molecule has 1 aliphatic heterocycles. The molecule has 1 aromatic heterocycles. The third-order valence-electron chi connectivity index (χ3n) is 3.24. The van der Waals surface area contributed by atoms with Crippen LogP contribution in [0.1, 0.15) is 30.3 Å².